The van der Waals surface area contributed by atoms with E-state index in [4.69, 9.17) is 5.73 Å². The minimum atomic E-state index is -0.290. The maximum Gasteiger partial charge on any atom is 0.255 e. The number of phenolic OH excluding ortho intramolecular Hbond substituents is 1. The number of nitrogens with two attached hydrogens (primary N) is 1. The first-order valence-electron chi connectivity index (χ1n) is 6.84. The van der Waals surface area contributed by atoms with Gasteiger partial charge in [0.05, 0.1) is 11.3 Å². The number of likely N-dealkylation sites (N-methyl/N-ethyl adjacent to an activating group) is 1. The van der Waals surface area contributed by atoms with Crippen molar-refractivity contribution in [3.05, 3.63) is 23.8 Å². The summed E-state index contributed by atoms with van der Waals surface area (Å²) in [5.74, 6) is 0.0372. The Morgan fingerprint density at radius 1 is 1.40 bits per heavy atom. The minimum Gasteiger partial charge on any atom is -0.505 e. The van der Waals surface area contributed by atoms with Crippen LogP contribution in [0.1, 0.15) is 30.6 Å². The second-order valence-electron chi connectivity index (χ2n) is 5.81. The maximum absolute atomic E-state index is 12.2. The van der Waals surface area contributed by atoms with Crippen LogP contribution in [-0.2, 0) is 0 Å². The molecule has 0 saturated heterocycles. The molecular weight excluding hydrogens is 254 g/mol. The molecule has 0 aromatic heterocycles. The Labute approximate surface area is 120 Å². The van der Waals surface area contributed by atoms with Crippen LogP contribution in [-0.4, -0.2) is 42.6 Å². The van der Waals surface area contributed by atoms with Crippen molar-refractivity contribution in [2.24, 2.45) is 5.92 Å². The lowest BCUT2D eigenvalue weighted by molar-refractivity contribution is 0.0922. The van der Waals surface area contributed by atoms with Crippen LogP contribution in [0, 0.1) is 5.92 Å². The molecule has 0 bridgehead atoms. The van der Waals surface area contributed by atoms with Crippen molar-refractivity contribution < 1.29 is 9.90 Å². The lowest BCUT2D eigenvalue weighted by Crippen LogP contribution is -2.42. The first-order chi connectivity index (χ1) is 9.31. The van der Waals surface area contributed by atoms with Gasteiger partial charge in [0.15, 0.2) is 5.75 Å². The molecule has 1 unspecified atom stereocenters. The lowest BCUT2D eigenvalue weighted by atomic mass is 10.0. The Morgan fingerprint density at radius 3 is 2.60 bits per heavy atom. The number of hydrogen-bond acceptors (Lipinski definition) is 4. The molecule has 1 atom stereocenters. The van der Waals surface area contributed by atoms with Crippen molar-refractivity contribution in [2.45, 2.75) is 26.3 Å². The van der Waals surface area contributed by atoms with E-state index in [2.05, 4.69) is 19.2 Å². The van der Waals surface area contributed by atoms with E-state index in [1.165, 1.54) is 0 Å². The molecule has 112 valence electrons. The van der Waals surface area contributed by atoms with Gasteiger partial charge in [-0.15, -0.1) is 0 Å². The highest BCUT2D eigenvalue weighted by Crippen LogP contribution is 2.24. The number of rotatable bonds is 6. The van der Waals surface area contributed by atoms with E-state index in [1.54, 1.807) is 18.2 Å². The van der Waals surface area contributed by atoms with Gasteiger partial charge >= 0.3 is 0 Å². The summed E-state index contributed by atoms with van der Waals surface area (Å²) in [6.07, 6.45) is 0.882. The first-order valence-corrected chi connectivity index (χ1v) is 6.84. The van der Waals surface area contributed by atoms with Crippen LogP contribution in [0.5, 0.6) is 5.75 Å². The van der Waals surface area contributed by atoms with E-state index in [-0.39, 0.29) is 28.9 Å². The normalized spacial score (nSPS) is 12.7. The fourth-order valence-corrected chi connectivity index (χ4v) is 2.20. The van der Waals surface area contributed by atoms with E-state index in [1.807, 2.05) is 19.0 Å². The largest absolute Gasteiger partial charge is 0.505 e. The van der Waals surface area contributed by atoms with Crippen LogP contribution < -0.4 is 11.1 Å². The lowest BCUT2D eigenvalue weighted by Gasteiger charge is -2.24. The van der Waals surface area contributed by atoms with Gasteiger partial charge in [0.1, 0.15) is 0 Å². The molecule has 1 amide bonds. The number of carbonyl (C=O) groups is 1. The molecule has 0 aliphatic carbocycles. The molecule has 4 N–H and O–H groups in total. The van der Waals surface area contributed by atoms with E-state index in [0.717, 1.165) is 13.0 Å². The average Bonchev–Trinajstić information content (AvgIpc) is 2.30. The van der Waals surface area contributed by atoms with Gasteiger partial charge in [-0.05, 0) is 38.6 Å². The number of benzene rings is 1. The molecule has 0 fully saturated rings. The molecule has 1 aromatic rings. The summed E-state index contributed by atoms with van der Waals surface area (Å²) in [5, 5.41) is 12.8. The van der Waals surface area contributed by atoms with Crippen molar-refractivity contribution in [3.8, 4) is 5.75 Å². The van der Waals surface area contributed by atoms with Crippen molar-refractivity contribution in [3.63, 3.8) is 0 Å². The van der Waals surface area contributed by atoms with Crippen molar-refractivity contribution >= 4 is 11.6 Å². The van der Waals surface area contributed by atoms with Gasteiger partial charge < -0.3 is 21.1 Å². The first kappa shape index (κ1) is 16.3. The van der Waals surface area contributed by atoms with Crippen LogP contribution in [0.4, 0.5) is 5.69 Å². The van der Waals surface area contributed by atoms with Crippen molar-refractivity contribution in [2.75, 3.05) is 26.4 Å². The molecule has 0 radical (unpaired) electrons. The van der Waals surface area contributed by atoms with Gasteiger partial charge in [-0.3, -0.25) is 4.79 Å². The number of aromatic hydroxyl groups is 1. The topological polar surface area (TPSA) is 78.6 Å². The Bertz CT molecular complexity index is 448. The third-order valence-electron chi connectivity index (χ3n) is 2.99. The number of amides is 1. The molecule has 1 rings (SSSR count). The van der Waals surface area contributed by atoms with Crippen molar-refractivity contribution in [1.82, 2.24) is 10.2 Å². The molecule has 20 heavy (non-hydrogen) atoms. The number of nitrogens with zero attached hydrogens (tertiary/aromatic N) is 1. The van der Waals surface area contributed by atoms with Gasteiger partial charge in [0.2, 0.25) is 0 Å². The van der Waals surface area contributed by atoms with Crippen LogP contribution in [0.25, 0.3) is 0 Å². The molecule has 0 saturated carbocycles. The van der Waals surface area contributed by atoms with Crippen LogP contribution in [0.2, 0.25) is 0 Å². The van der Waals surface area contributed by atoms with Crippen LogP contribution in [0.15, 0.2) is 18.2 Å². The average molecular weight is 279 g/mol. The summed E-state index contributed by atoms with van der Waals surface area (Å²) >= 11 is 0. The van der Waals surface area contributed by atoms with Gasteiger partial charge in [-0.1, -0.05) is 19.9 Å². The number of anilines is 1. The molecule has 5 nitrogen and oxygen atoms in total. The van der Waals surface area contributed by atoms with E-state index >= 15 is 0 Å². The summed E-state index contributed by atoms with van der Waals surface area (Å²) in [7, 11) is 3.94. The molecule has 5 heteroatoms. The highest BCUT2D eigenvalue weighted by atomic mass is 16.3. The zero-order valence-electron chi connectivity index (χ0n) is 12.7. The standard InChI is InChI=1S/C15H25N3O2/c1-10(2)8-11(9-18(3)4)17-15(20)12-6-5-7-13(16)14(12)19/h5-7,10-11,19H,8-9,16H2,1-4H3,(H,17,20). The van der Waals surface area contributed by atoms with Gasteiger partial charge in [-0.25, -0.2) is 0 Å². The van der Waals surface area contributed by atoms with Gasteiger partial charge in [0, 0.05) is 12.6 Å². The highest BCUT2D eigenvalue weighted by Gasteiger charge is 2.18. The minimum absolute atomic E-state index is 0.0401. The van der Waals surface area contributed by atoms with E-state index in [0.29, 0.717) is 5.92 Å². The summed E-state index contributed by atoms with van der Waals surface area (Å²) < 4.78 is 0. The predicted molar refractivity (Wildman–Crippen MR) is 81.8 cm³/mol. The molecule has 0 aliphatic rings. The second kappa shape index (κ2) is 7.14. The third-order valence-corrected chi connectivity index (χ3v) is 2.99. The summed E-state index contributed by atoms with van der Waals surface area (Å²) in [6.45, 7) is 4.99. The molecular formula is C15H25N3O2. The fourth-order valence-electron chi connectivity index (χ4n) is 2.20. The van der Waals surface area contributed by atoms with E-state index < -0.39 is 0 Å². The van der Waals surface area contributed by atoms with E-state index in [9.17, 15) is 9.90 Å². The quantitative estimate of drug-likeness (QED) is 0.547. The zero-order valence-corrected chi connectivity index (χ0v) is 12.7. The number of nitrogen functional groups attached to an aromatic ring is 1. The van der Waals surface area contributed by atoms with Crippen LogP contribution in [0.3, 0.4) is 0 Å². The predicted octanol–water partition coefficient (Wildman–Crippen LogP) is 1.68. The Morgan fingerprint density at radius 2 is 2.05 bits per heavy atom. The number of hydrogen-bond donors (Lipinski definition) is 3. The Kier molecular flexibility index (Phi) is 5.82. The highest BCUT2D eigenvalue weighted by molar-refractivity contribution is 5.98. The number of phenols is 1. The summed E-state index contributed by atoms with van der Waals surface area (Å²) in [5.41, 5.74) is 6.05. The maximum atomic E-state index is 12.2. The number of nitrogens with one attached hydrogen (secondary N) is 1. The SMILES string of the molecule is CC(C)CC(CN(C)C)NC(=O)c1cccc(N)c1O. The summed E-state index contributed by atoms with van der Waals surface area (Å²) in [4.78, 5) is 14.3. The number of para-hydroxylation sites is 1. The second-order valence-corrected chi connectivity index (χ2v) is 5.81. The molecule has 0 aliphatic heterocycles. The van der Waals surface area contributed by atoms with Crippen LogP contribution >= 0.6 is 0 Å². The Balaban J connectivity index is 2.81. The molecule has 0 heterocycles. The third kappa shape index (κ3) is 4.74. The number of carbonyl (C=O) groups excluding carboxylic acids is 1. The summed E-state index contributed by atoms with van der Waals surface area (Å²) in [6, 6.07) is 4.84. The fraction of sp³-hybridized carbons (Fsp3) is 0.533. The molecule has 1 aromatic carbocycles. The van der Waals surface area contributed by atoms with Crippen molar-refractivity contribution in [1.29, 1.82) is 0 Å². The smallest absolute Gasteiger partial charge is 0.255 e. The van der Waals surface area contributed by atoms with Gasteiger partial charge in [-0.2, -0.15) is 0 Å². The Hall–Kier alpha value is -1.75. The monoisotopic (exact) mass is 279 g/mol. The van der Waals surface area contributed by atoms with Gasteiger partial charge in [0.25, 0.3) is 5.91 Å². The zero-order chi connectivity index (χ0) is 15.3. The molecule has 0 spiro atoms.